The molecule has 0 atom stereocenters. The third-order valence-corrected chi connectivity index (χ3v) is 3.62. The molecule has 0 aliphatic heterocycles. The lowest BCUT2D eigenvalue weighted by atomic mass is 10.1. The van der Waals surface area contributed by atoms with E-state index in [1.54, 1.807) is 0 Å². The van der Waals surface area contributed by atoms with Crippen LogP contribution in [0.5, 0.6) is 0 Å². The van der Waals surface area contributed by atoms with Gasteiger partial charge in [0.25, 0.3) is 0 Å². The van der Waals surface area contributed by atoms with E-state index in [9.17, 15) is 4.79 Å². The highest BCUT2D eigenvalue weighted by atomic mass is 16.1. The van der Waals surface area contributed by atoms with Crippen LogP contribution in [0.15, 0.2) is 54.6 Å². The third kappa shape index (κ3) is 3.45. The summed E-state index contributed by atoms with van der Waals surface area (Å²) in [6.07, 6.45) is 1.02. The van der Waals surface area contributed by atoms with Gasteiger partial charge in [-0.25, -0.2) is 0 Å². The molecule has 0 unspecified atom stereocenters. The molecule has 0 bridgehead atoms. The van der Waals surface area contributed by atoms with Gasteiger partial charge in [0.2, 0.25) is 0 Å². The minimum absolute atomic E-state index is 0.0924. The molecular formula is C18H18N4O. The fourth-order valence-electron chi connectivity index (χ4n) is 2.41. The Bertz CT molecular complexity index is 824. The molecule has 0 saturated carbocycles. The Morgan fingerprint density at radius 2 is 1.87 bits per heavy atom. The van der Waals surface area contributed by atoms with E-state index in [2.05, 4.69) is 10.2 Å². The van der Waals surface area contributed by atoms with Crippen LogP contribution in [0.3, 0.4) is 0 Å². The van der Waals surface area contributed by atoms with Crippen LogP contribution in [0, 0.1) is 6.92 Å². The number of benzene rings is 2. The van der Waals surface area contributed by atoms with Gasteiger partial charge in [-0.05, 0) is 36.6 Å². The van der Waals surface area contributed by atoms with Crippen molar-refractivity contribution in [2.24, 2.45) is 0 Å². The summed E-state index contributed by atoms with van der Waals surface area (Å²) in [5.74, 6) is 0.0785. The number of carbonyl (C=O) groups is 1. The number of anilines is 1. The number of rotatable bonds is 5. The van der Waals surface area contributed by atoms with Gasteiger partial charge < -0.3 is 5.73 Å². The third-order valence-electron chi connectivity index (χ3n) is 3.62. The molecule has 1 aromatic heterocycles. The van der Waals surface area contributed by atoms with Crippen molar-refractivity contribution in [1.82, 2.24) is 15.0 Å². The van der Waals surface area contributed by atoms with Gasteiger partial charge in [-0.15, -0.1) is 15.0 Å². The fraction of sp³-hybridized carbons (Fsp3) is 0.167. The van der Waals surface area contributed by atoms with E-state index >= 15 is 0 Å². The SMILES string of the molecule is Cc1cccc(-n2nc(N)c(C(=O)CCc3ccccc3)n2)c1. The number of nitrogen functional groups attached to an aromatic ring is 1. The molecule has 3 rings (SSSR count). The van der Waals surface area contributed by atoms with Crippen molar-refractivity contribution in [2.45, 2.75) is 19.8 Å². The molecule has 3 aromatic rings. The lowest BCUT2D eigenvalue weighted by Gasteiger charge is -2.00. The Morgan fingerprint density at radius 1 is 1.09 bits per heavy atom. The molecule has 1 heterocycles. The van der Waals surface area contributed by atoms with E-state index in [4.69, 9.17) is 5.73 Å². The monoisotopic (exact) mass is 306 g/mol. The molecule has 2 N–H and O–H groups in total. The number of ketones is 1. The topological polar surface area (TPSA) is 73.8 Å². The number of nitrogens with two attached hydrogens (primary N) is 1. The lowest BCUT2D eigenvalue weighted by Crippen LogP contribution is -2.06. The molecule has 5 heteroatoms. The van der Waals surface area contributed by atoms with E-state index in [0.717, 1.165) is 16.8 Å². The molecule has 0 saturated heterocycles. The average Bonchev–Trinajstić information content (AvgIpc) is 2.96. The van der Waals surface area contributed by atoms with Crippen molar-refractivity contribution < 1.29 is 4.79 Å². The second-order valence-corrected chi connectivity index (χ2v) is 5.47. The maximum atomic E-state index is 12.4. The molecule has 23 heavy (non-hydrogen) atoms. The second kappa shape index (κ2) is 6.44. The van der Waals surface area contributed by atoms with Gasteiger partial charge in [0.05, 0.1) is 5.69 Å². The highest BCUT2D eigenvalue weighted by Crippen LogP contribution is 2.14. The summed E-state index contributed by atoms with van der Waals surface area (Å²) in [5, 5.41) is 8.42. The number of Topliss-reactive ketones (excluding diaryl/α,β-unsaturated/α-hetero) is 1. The van der Waals surface area contributed by atoms with Crippen LogP contribution < -0.4 is 5.73 Å². The number of aryl methyl sites for hydroxylation is 2. The van der Waals surface area contributed by atoms with Crippen LogP contribution in [-0.2, 0) is 6.42 Å². The Kier molecular flexibility index (Phi) is 4.19. The van der Waals surface area contributed by atoms with Crippen molar-refractivity contribution in [3.05, 3.63) is 71.4 Å². The number of aromatic nitrogens is 3. The molecule has 0 amide bonds. The van der Waals surface area contributed by atoms with Gasteiger partial charge >= 0.3 is 0 Å². The predicted octanol–water partition coefficient (Wildman–Crippen LogP) is 2.97. The minimum atomic E-state index is -0.0924. The smallest absolute Gasteiger partial charge is 0.187 e. The minimum Gasteiger partial charge on any atom is -0.380 e. The van der Waals surface area contributed by atoms with Gasteiger partial charge in [0, 0.05) is 6.42 Å². The average molecular weight is 306 g/mol. The van der Waals surface area contributed by atoms with Gasteiger partial charge in [-0.3, -0.25) is 4.79 Å². The van der Waals surface area contributed by atoms with E-state index in [0.29, 0.717) is 12.8 Å². The van der Waals surface area contributed by atoms with Crippen LogP contribution in [-0.4, -0.2) is 20.8 Å². The molecule has 2 aromatic carbocycles. The van der Waals surface area contributed by atoms with Crippen LogP contribution in [0.25, 0.3) is 5.69 Å². The number of hydrogen-bond acceptors (Lipinski definition) is 4. The van der Waals surface area contributed by atoms with Crippen molar-refractivity contribution >= 4 is 11.6 Å². The number of hydrogen-bond donors (Lipinski definition) is 1. The van der Waals surface area contributed by atoms with Gasteiger partial charge in [-0.2, -0.15) is 0 Å². The van der Waals surface area contributed by atoms with E-state index < -0.39 is 0 Å². The van der Waals surface area contributed by atoms with Gasteiger partial charge in [0.15, 0.2) is 17.3 Å². The first-order valence-corrected chi connectivity index (χ1v) is 7.50. The summed E-state index contributed by atoms with van der Waals surface area (Å²) in [4.78, 5) is 13.8. The van der Waals surface area contributed by atoms with E-state index in [-0.39, 0.29) is 17.3 Å². The lowest BCUT2D eigenvalue weighted by molar-refractivity contribution is 0.0978. The van der Waals surface area contributed by atoms with E-state index in [1.165, 1.54) is 4.80 Å². The predicted molar refractivity (Wildman–Crippen MR) is 89.6 cm³/mol. The fourth-order valence-corrected chi connectivity index (χ4v) is 2.41. The summed E-state index contributed by atoms with van der Waals surface area (Å²) in [6.45, 7) is 1.99. The summed E-state index contributed by atoms with van der Waals surface area (Å²) >= 11 is 0. The van der Waals surface area contributed by atoms with Crippen molar-refractivity contribution in [1.29, 1.82) is 0 Å². The Hall–Kier alpha value is -2.95. The largest absolute Gasteiger partial charge is 0.380 e. The molecule has 0 radical (unpaired) electrons. The second-order valence-electron chi connectivity index (χ2n) is 5.47. The summed E-state index contributed by atoms with van der Waals surface area (Å²) in [5.41, 5.74) is 9.11. The molecule has 0 fully saturated rings. The van der Waals surface area contributed by atoms with Gasteiger partial charge in [-0.1, -0.05) is 42.5 Å². The highest BCUT2D eigenvalue weighted by molar-refractivity contribution is 5.98. The molecule has 5 nitrogen and oxygen atoms in total. The number of carbonyl (C=O) groups excluding carboxylic acids is 1. The Labute approximate surface area is 134 Å². The summed E-state index contributed by atoms with van der Waals surface area (Å²) < 4.78 is 0. The summed E-state index contributed by atoms with van der Waals surface area (Å²) in [7, 11) is 0. The molecular weight excluding hydrogens is 288 g/mol. The summed E-state index contributed by atoms with van der Waals surface area (Å²) in [6, 6.07) is 17.6. The van der Waals surface area contributed by atoms with Crippen molar-refractivity contribution in [3.63, 3.8) is 0 Å². The first-order valence-electron chi connectivity index (χ1n) is 7.50. The van der Waals surface area contributed by atoms with Crippen molar-refractivity contribution in [3.8, 4) is 5.69 Å². The number of nitrogens with zero attached hydrogens (tertiary/aromatic N) is 3. The van der Waals surface area contributed by atoms with Crippen LogP contribution in [0.4, 0.5) is 5.82 Å². The zero-order valence-electron chi connectivity index (χ0n) is 12.9. The molecule has 0 aliphatic rings. The van der Waals surface area contributed by atoms with E-state index in [1.807, 2.05) is 61.5 Å². The molecule has 116 valence electrons. The standard InChI is InChI=1S/C18H18N4O/c1-13-6-5-9-15(12-13)22-20-17(18(19)21-22)16(23)11-10-14-7-3-2-4-8-14/h2-9,12H,10-11H2,1H3,(H2,19,21). The first-order chi connectivity index (χ1) is 11.1. The Morgan fingerprint density at radius 3 is 2.61 bits per heavy atom. The van der Waals surface area contributed by atoms with Crippen LogP contribution >= 0.6 is 0 Å². The molecule has 0 spiro atoms. The maximum absolute atomic E-state index is 12.4. The molecule has 0 aliphatic carbocycles. The van der Waals surface area contributed by atoms with Crippen molar-refractivity contribution in [2.75, 3.05) is 5.73 Å². The maximum Gasteiger partial charge on any atom is 0.187 e. The first kappa shape index (κ1) is 15.0. The van der Waals surface area contributed by atoms with Gasteiger partial charge in [0.1, 0.15) is 0 Å². The quantitative estimate of drug-likeness (QED) is 0.735. The van der Waals surface area contributed by atoms with Crippen LogP contribution in [0.2, 0.25) is 0 Å². The normalized spacial score (nSPS) is 10.7. The zero-order valence-corrected chi connectivity index (χ0v) is 12.9. The highest BCUT2D eigenvalue weighted by Gasteiger charge is 2.17. The zero-order chi connectivity index (χ0) is 16.2. The van der Waals surface area contributed by atoms with Crippen LogP contribution in [0.1, 0.15) is 28.0 Å². The Balaban J connectivity index is 1.76.